The maximum Gasteiger partial charge on any atom is 0.254 e. The van der Waals surface area contributed by atoms with Crippen molar-refractivity contribution in [3.05, 3.63) is 53.1 Å². The molecular formula is C22H28N4O4. The zero-order valence-corrected chi connectivity index (χ0v) is 17.7. The Morgan fingerprint density at radius 2 is 2.10 bits per heavy atom. The summed E-state index contributed by atoms with van der Waals surface area (Å²) in [5.41, 5.74) is 1.95. The molecule has 2 heterocycles. The molecule has 160 valence electrons. The van der Waals surface area contributed by atoms with Gasteiger partial charge >= 0.3 is 0 Å². The molecule has 1 saturated heterocycles. The summed E-state index contributed by atoms with van der Waals surface area (Å²) in [6, 6.07) is 7.35. The van der Waals surface area contributed by atoms with Crippen molar-refractivity contribution in [1.29, 1.82) is 0 Å². The summed E-state index contributed by atoms with van der Waals surface area (Å²) >= 11 is 0. The fraction of sp³-hybridized carbons (Fsp3) is 0.455. The van der Waals surface area contributed by atoms with Crippen LogP contribution in [0, 0.1) is 6.92 Å². The van der Waals surface area contributed by atoms with Gasteiger partial charge in [-0.25, -0.2) is 9.97 Å². The van der Waals surface area contributed by atoms with E-state index in [0.29, 0.717) is 30.2 Å². The highest BCUT2D eigenvalue weighted by Crippen LogP contribution is 2.29. The number of carbonyl (C=O) groups excluding carboxylic acids is 2. The lowest BCUT2D eigenvalue weighted by Crippen LogP contribution is -2.41. The monoisotopic (exact) mass is 412 g/mol. The van der Waals surface area contributed by atoms with Gasteiger partial charge in [0.1, 0.15) is 12.4 Å². The molecule has 0 spiro atoms. The summed E-state index contributed by atoms with van der Waals surface area (Å²) in [7, 11) is 3.12. The van der Waals surface area contributed by atoms with E-state index in [1.165, 1.54) is 7.11 Å². The number of rotatable bonds is 7. The number of piperidine rings is 1. The van der Waals surface area contributed by atoms with Gasteiger partial charge in [-0.2, -0.15) is 0 Å². The summed E-state index contributed by atoms with van der Waals surface area (Å²) in [5, 5.41) is 2.89. The number of carbonyl (C=O) groups is 2. The Kier molecular flexibility index (Phi) is 7.35. The summed E-state index contributed by atoms with van der Waals surface area (Å²) in [6.07, 6.45) is 4.31. The largest absolute Gasteiger partial charge is 0.497 e. The van der Waals surface area contributed by atoms with Crippen LogP contribution in [0.15, 0.2) is 30.5 Å². The Labute approximate surface area is 176 Å². The number of methoxy groups -OCH3 is 2. The van der Waals surface area contributed by atoms with Crippen LogP contribution in [0.2, 0.25) is 0 Å². The number of amides is 2. The Morgan fingerprint density at radius 1 is 1.27 bits per heavy atom. The van der Waals surface area contributed by atoms with Crippen molar-refractivity contribution < 1.29 is 19.1 Å². The van der Waals surface area contributed by atoms with E-state index >= 15 is 0 Å². The van der Waals surface area contributed by atoms with Crippen LogP contribution in [0.3, 0.4) is 0 Å². The number of nitrogens with one attached hydrogen (secondary N) is 1. The first kappa shape index (κ1) is 21.7. The smallest absolute Gasteiger partial charge is 0.254 e. The molecule has 2 amide bonds. The fourth-order valence-electron chi connectivity index (χ4n) is 3.63. The molecule has 0 bridgehead atoms. The van der Waals surface area contributed by atoms with Crippen molar-refractivity contribution in [3.8, 4) is 5.75 Å². The standard InChI is InChI=1S/C22H28N4O4/c1-15-18(22(28)24-12-16-7-6-8-17(11-16)30-3)13-23-21(25-15)19-9-4-5-10-26(19)20(27)14-29-2/h6-8,11,13,19H,4-5,9-10,12,14H2,1-3H3,(H,24,28)/t19-/m0/s1. The Morgan fingerprint density at radius 3 is 2.83 bits per heavy atom. The van der Waals surface area contributed by atoms with Gasteiger partial charge in [0.15, 0.2) is 5.82 Å². The number of hydrogen-bond acceptors (Lipinski definition) is 6. The predicted molar refractivity (Wildman–Crippen MR) is 111 cm³/mol. The molecule has 0 radical (unpaired) electrons. The number of nitrogens with zero attached hydrogens (tertiary/aromatic N) is 3. The number of likely N-dealkylation sites (tertiary alicyclic amines) is 1. The van der Waals surface area contributed by atoms with Crippen molar-refractivity contribution in [2.45, 2.75) is 38.8 Å². The lowest BCUT2D eigenvalue weighted by molar-refractivity contribution is -0.139. The summed E-state index contributed by atoms with van der Waals surface area (Å²) in [6.45, 7) is 2.87. The topological polar surface area (TPSA) is 93.7 Å². The maximum atomic E-state index is 12.6. The molecule has 1 aromatic carbocycles. The number of aryl methyl sites for hydroxylation is 1. The molecule has 8 heteroatoms. The number of hydrogen-bond donors (Lipinski definition) is 1. The van der Waals surface area contributed by atoms with Gasteiger partial charge in [-0.1, -0.05) is 12.1 Å². The molecule has 1 N–H and O–H groups in total. The molecule has 1 atom stereocenters. The van der Waals surface area contributed by atoms with Gasteiger partial charge < -0.3 is 19.7 Å². The van der Waals surface area contributed by atoms with E-state index < -0.39 is 0 Å². The van der Waals surface area contributed by atoms with Gasteiger partial charge in [-0.05, 0) is 43.9 Å². The van der Waals surface area contributed by atoms with Gasteiger partial charge in [-0.15, -0.1) is 0 Å². The van der Waals surface area contributed by atoms with E-state index in [1.54, 1.807) is 25.1 Å². The van der Waals surface area contributed by atoms with Crippen LogP contribution in [0.5, 0.6) is 5.75 Å². The van der Waals surface area contributed by atoms with Crippen molar-refractivity contribution in [2.75, 3.05) is 27.4 Å². The zero-order chi connectivity index (χ0) is 21.5. The highest BCUT2D eigenvalue weighted by molar-refractivity contribution is 5.94. The molecule has 2 aromatic rings. The fourth-order valence-corrected chi connectivity index (χ4v) is 3.63. The normalized spacial score (nSPS) is 16.2. The molecule has 0 saturated carbocycles. The van der Waals surface area contributed by atoms with Crippen LogP contribution in [-0.2, 0) is 16.1 Å². The van der Waals surface area contributed by atoms with Crippen LogP contribution in [-0.4, -0.2) is 54.1 Å². The lowest BCUT2D eigenvalue weighted by atomic mass is 10.0. The first-order chi connectivity index (χ1) is 14.5. The SMILES string of the molecule is COCC(=O)N1CCCC[C@H]1c1ncc(C(=O)NCc2cccc(OC)c2)c(C)n1. The van der Waals surface area contributed by atoms with Crippen molar-refractivity contribution in [1.82, 2.24) is 20.2 Å². The number of aromatic nitrogens is 2. The molecular weight excluding hydrogens is 384 g/mol. The van der Waals surface area contributed by atoms with Gasteiger partial charge in [0, 0.05) is 26.4 Å². The number of benzene rings is 1. The molecule has 0 unspecified atom stereocenters. The van der Waals surface area contributed by atoms with Crippen molar-refractivity contribution in [2.24, 2.45) is 0 Å². The minimum atomic E-state index is -0.238. The van der Waals surface area contributed by atoms with Crippen LogP contribution in [0.25, 0.3) is 0 Å². The van der Waals surface area contributed by atoms with E-state index in [0.717, 1.165) is 30.6 Å². The van der Waals surface area contributed by atoms with Gasteiger partial charge in [-0.3, -0.25) is 9.59 Å². The van der Waals surface area contributed by atoms with Gasteiger partial charge in [0.2, 0.25) is 5.91 Å². The van der Waals surface area contributed by atoms with Crippen LogP contribution in [0.1, 0.15) is 52.7 Å². The molecule has 1 aliphatic heterocycles. The quantitative estimate of drug-likeness (QED) is 0.751. The highest BCUT2D eigenvalue weighted by Gasteiger charge is 2.30. The zero-order valence-electron chi connectivity index (χ0n) is 17.7. The average molecular weight is 412 g/mol. The average Bonchev–Trinajstić information content (AvgIpc) is 2.77. The first-order valence-electron chi connectivity index (χ1n) is 10.1. The van der Waals surface area contributed by atoms with E-state index in [9.17, 15) is 9.59 Å². The summed E-state index contributed by atoms with van der Waals surface area (Å²) in [5.74, 6) is 1.01. The van der Waals surface area contributed by atoms with Crippen LogP contribution >= 0.6 is 0 Å². The molecule has 8 nitrogen and oxygen atoms in total. The van der Waals surface area contributed by atoms with E-state index in [1.807, 2.05) is 24.3 Å². The third kappa shape index (κ3) is 5.13. The predicted octanol–water partition coefficient (Wildman–Crippen LogP) is 2.42. The summed E-state index contributed by atoms with van der Waals surface area (Å²) in [4.78, 5) is 35.8. The highest BCUT2D eigenvalue weighted by atomic mass is 16.5. The molecule has 1 aliphatic rings. The Balaban J connectivity index is 1.70. The Bertz CT molecular complexity index is 902. The van der Waals surface area contributed by atoms with Crippen molar-refractivity contribution >= 4 is 11.8 Å². The van der Waals surface area contributed by atoms with E-state index in [-0.39, 0.29) is 24.5 Å². The maximum absolute atomic E-state index is 12.6. The van der Waals surface area contributed by atoms with Gasteiger partial charge in [0.05, 0.1) is 24.4 Å². The second-order valence-electron chi connectivity index (χ2n) is 7.29. The lowest BCUT2D eigenvalue weighted by Gasteiger charge is -2.34. The van der Waals surface area contributed by atoms with Crippen molar-refractivity contribution in [3.63, 3.8) is 0 Å². The third-order valence-electron chi connectivity index (χ3n) is 5.22. The molecule has 30 heavy (non-hydrogen) atoms. The molecule has 0 aliphatic carbocycles. The van der Waals surface area contributed by atoms with E-state index in [4.69, 9.17) is 9.47 Å². The Hall–Kier alpha value is -3.00. The third-order valence-corrected chi connectivity index (χ3v) is 5.22. The molecule has 3 rings (SSSR count). The molecule has 1 fully saturated rings. The first-order valence-corrected chi connectivity index (χ1v) is 10.1. The second-order valence-corrected chi connectivity index (χ2v) is 7.29. The van der Waals surface area contributed by atoms with Crippen LogP contribution < -0.4 is 10.1 Å². The van der Waals surface area contributed by atoms with Crippen LogP contribution in [0.4, 0.5) is 0 Å². The second kappa shape index (κ2) is 10.2. The number of ether oxygens (including phenoxy) is 2. The van der Waals surface area contributed by atoms with E-state index in [2.05, 4.69) is 15.3 Å². The van der Waals surface area contributed by atoms with Gasteiger partial charge in [0.25, 0.3) is 5.91 Å². The summed E-state index contributed by atoms with van der Waals surface area (Å²) < 4.78 is 10.2. The minimum absolute atomic E-state index is 0.0419. The minimum Gasteiger partial charge on any atom is -0.497 e. The molecule has 1 aromatic heterocycles.